The molecule has 0 atom stereocenters. The minimum Gasteiger partial charge on any atom is -0.423 e. The van der Waals surface area contributed by atoms with Crippen LogP contribution in [0.25, 0.3) is 0 Å². The lowest BCUT2D eigenvalue weighted by Crippen LogP contribution is -2.39. The van der Waals surface area contributed by atoms with Gasteiger partial charge in [0.1, 0.15) is 6.54 Å². The van der Waals surface area contributed by atoms with Crippen LogP contribution in [0.4, 0.5) is 5.69 Å². The van der Waals surface area contributed by atoms with Crippen LogP contribution in [0.3, 0.4) is 0 Å². The van der Waals surface area contributed by atoms with Gasteiger partial charge < -0.3 is 15.4 Å². The SMILES string of the molecule is NCCN1CC(=O)Oc2ccccc21. The Morgan fingerprint density at radius 3 is 3.00 bits per heavy atom. The van der Waals surface area contributed by atoms with E-state index in [4.69, 9.17) is 10.5 Å². The molecule has 14 heavy (non-hydrogen) atoms. The third kappa shape index (κ3) is 1.56. The Labute approximate surface area is 82.3 Å². The molecule has 2 rings (SSSR count). The van der Waals surface area contributed by atoms with E-state index in [9.17, 15) is 4.79 Å². The van der Waals surface area contributed by atoms with Crippen LogP contribution in [-0.2, 0) is 4.79 Å². The molecule has 1 aromatic carbocycles. The predicted octanol–water partition coefficient (Wildman–Crippen LogP) is 0.371. The maximum atomic E-state index is 11.2. The van der Waals surface area contributed by atoms with Gasteiger partial charge in [0, 0.05) is 13.1 Å². The van der Waals surface area contributed by atoms with Crippen molar-refractivity contribution in [2.45, 2.75) is 0 Å². The van der Waals surface area contributed by atoms with E-state index < -0.39 is 0 Å². The summed E-state index contributed by atoms with van der Waals surface area (Å²) in [5.74, 6) is 0.398. The van der Waals surface area contributed by atoms with Gasteiger partial charge in [-0.25, -0.2) is 4.79 Å². The second kappa shape index (κ2) is 3.67. The summed E-state index contributed by atoms with van der Waals surface area (Å²) in [7, 11) is 0. The molecule has 0 saturated carbocycles. The van der Waals surface area contributed by atoms with Gasteiger partial charge in [-0.2, -0.15) is 0 Å². The number of ether oxygens (including phenoxy) is 1. The molecule has 1 heterocycles. The summed E-state index contributed by atoms with van der Waals surface area (Å²) in [6.07, 6.45) is 0. The monoisotopic (exact) mass is 192 g/mol. The highest BCUT2D eigenvalue weighted by Crippen LogP contribution is 2.30. The number of rotatable bonds is 2. The van der Waals surface area contributed by atoms with E-state index in [-0.39, 0.29) is 12.5 Å². The number of anilines is 1. The normalized spacial score (nSPS) is 14.9. The second-order valence-electron chi connectivity index (χ2n) is 3.15. The maximum absolute atomic E-state index is 11.2. The molecule has 0 aliphatic carbocycles. The molecule has 0 bridgehead atoms. The zero-order valence-corrected chi connectivity index (χ0v) is 7.77. The first kappa shape index (κ1) is 9.02. The van der Waals surface area contributed by atoms with Gasteiger partial charge in [0.05, 0.1) is 5.69 Å². The highest BCUT2D eigenvalue weighted by atomic mass is 16.5. The van der Waals surface area contributed by atoms with Gasteiger partial charge in [-0.3, -0.25) is 0 Å². The number of esters is 1. The number of benzene rings is 1. The van der Waals surface area contributed by atoms with Crippen LogP contribution >= 0.6 is 0 Å². The van der Waals surface area contributed by atoms with E-state index >= 15 is 0 Å². The van der Waals surface area contributed by atoms with Crippen LogP contribution in [0, 0.1) is 0 Å². The third-order valence-corrected chi connectivity index (χ3v) is 2.15. The van der Waals surface area contributed by atoms with Crippen LogP contribution < -0.4 is 15.4 Å². The fraction of sp³-hybridized carbons (Fsp3) is 0.300. The Morgan fingerprint density at radius 2 is 2.21 bits per heavy atom. The van der Waals surface area contributed by atoms with Crippen LogP contribution in [-0.4, -0.2) is 25.6 Å². The van der Waals surface area contributed by atoms with Gasteiger partial charge in [0.25, 0.3) is 0 Å². The summed E-state index contributed by atoms with van der Waals surface area (Å²) < 4.78 is 5.09. The predicted molar refractivity (Wildman–Crippen MR) is 53.3 cm³/mol. The molecule has 2 N–H and O–H groups in total. The van der Waals surface area contributed by atoms with E-state index in [0.29, 0.717) is 18.8 Å². The average molecular weight is 192 g/mol. The standard InChI is InChI=1S/C10H12N2O2/c11-5-6-12-7-10(13)14-9-4-2-1-3-8(9)12/h1-4H,5-7,11H2. The summed E-state index contributed by atoms with van der Waals surface area (Å²) in [4.78, 5) is 13.1. The van der Waals surface area contributed by atoms with E-state index in [2.05, 4.69) is 0 Å². The number of carbonyl (C=O) groups excluding carboxylic acids is 1. The molecule has 0 unspecified atom stereocenters. The van der Waals surface area contributed by atoms with Gasteiger partial charge in [-0.1, -0.05) is 12.1 Å². The van der Waals surface area contributed by atoms with Gasteiger partial charge in [0.15, 0.2) is 5.75 Å². The first-order valence-electron chi connectivity index (χ1n) is 4.56. The number of fused-ring (bicyclic) bond motifs is 1. The molecule has 1 aliphatic rings. The van der Waals surface area contributed by atoms with E-state index in [1.807, 2.05) is 23.1 Å². The zero-order valence-electron chi connectivity index (χ0n) is 7.77. The Morgan fingerprint density at radius 1 is 1.43 bits per heavy atom. The van der Waals surface area contributed by atoms with Crippen molar-refractivity contribution < 1.29 is 9.53 Å². The van der Waals surface area contributed by atoms with Gasteiger partial charge in [-0.05, 0) is 12.1 Å². The number of hydrogen-bond donors (Lipinski definition) is 1. The first-order valence-corrected chi connectivity index (χ1v) is 4.56. The lowest BCUT2D eigenvalue weighted by molar-refractivity contribution is -0.133. The molecule has 74 valence electrons. The van der Waals surface area contributed by atoms with Crippen molar-refractivity contribution in [2.75, 3.05) is 24.5 Å². The quantitative estimate of drug-likeness (QED) is 0.543. The number of para-hydroxylation sites is 2. The van der Waals surface area contributed by atoms with Crippen LogP contribution in [0.5, 0.6) is 5.75 Å². The molecule has 0 aromatic heterocycles. The molecule has 1 aromatic rings. The van der Waals surface area contributed by atoms with Crippen LogP contribution in [0.15, 0.2) is 24.3 Å². The number of nitrogens with two attached hydrogens (primary N) is 1. The largest absolute Gasteiger partial charge is 0.423 e. The van der Waals surface area contributed by atoms with E-state index in [1.54, 1.807) is 6.07 Å². The maximum Gasteiger partial charge on any atom is 0.331 e. The molecular formula is C10H12N2O2. The molecule has 1 aliphatic heterocycles. The minimum absolute atomic E-state index is 0.225. The average Bonchev–Trinajstić information content (AvgIpc) is 2.18. The minimum atomic E-state index is -0.225. The molecule has 4 heteroatoms. The molecular weight excluding hydrogens is 180 g/mol. The summed E-state index contributed by atoms with van der Waals surface area (Å²) in [5.41, 5.74) is 6.41. The fourth-order valence-corrected chi connectivity index (χ4v) is 1.56. The van der Waals surface area contributed by atoms with Crippen LogP contribution in [0.2, 0.25) is 0 Å². The van der Waals surface area contributed by atoms with Crippen molar-refractivity contribution in [3.05, 3.63) is 24.3 Å². The number of carbonyl (C=O) groups is 1. The highest BCUT2D eigenvalue weighted by Gasteiger charge is 2.22. The highest BCUT2D eigenvalue weighted by molar-refractivity contribution is 5.84. The number of nitrogens with zero attached hydrogens (tertiary/aromatic N) is 1. The lowest BCUT2D eigenvalue weighted by Gasteiger charge is -2.29. The Bertz CT molecular complexity index is 352. The van der Waals surface area contributed by atoms with E-state index in [0.717, 1.165) is 5.69 Å². The molecule has 0 saturated heterocycles. The van der Waals surface area contributed by atoms with Crippen molar-refractivity contribution in [3.8, 4) is 5.75 Å². The van der Waals surface area contributed by atoms with Gasteiger partial charge >= 0.3 is 5.97 Å². The molecule has 0 fully saturated rings. The molecule has 0 amide bonds. The summed E-state index contributed by atoms with van der Waals surface area (Å²) >= 11 is 0. The number of hydrogen-bond acceptors (Lipinski definition) is 4. The summed E-state index contributed by atoms with van der Waals surface area (Å²) in [6.45, 7) is 1.49. The summed E-state index contributed by atoms with van der Waals surface area (Å²) in [5, 5.41) is 0. The second-order valence-corrected chi connectivity index (χ2v) is 3.15. The molecule has 0 radical (unpaired) electrons. The topological polar surface area (TPSA) is 55.6 Å². The Balaban J connectivity index is 2.33. The molecule has 4 nitrogen and oxygen atoms in total. The van der Waals surface area contributed by atoms with Crippen molar-refractivity contribution >= 4 is 11.7 Å². The fourth-order valence-electron chi connectivity index (χ4n) is 1.56. The lowest BCUT2D eigenvalue weighted by atomic mass is 10.2. The molecule has 0 spiro atoms. The van der Waals surface area contributed by atoms with E-state index in [1.165, 1.54) is 0 Å². The van der Waals surface area contributed by atoms with Crippen molar-refractivity contribution in [3.63, 3.8) is 0 Å². The third-order valence-electron chi connectivity index (χ3n) is 2.15. The van der Waals surface area contributed by atoms with Crippen molar-refractivity contribution in [1.82, 2.24) is 0 Å². The zero-order chi connectivity index (χ0) is 9.97. The first-order chi connectivity index (χ1) is 6.81. The smallest absolute Gasteiger partial charge is 0.331 e. The van der Waals surface area contributed by atoms with Crippen molar-refractivity contribution in [1.29, 1.82) is 0 Å². The Hall–Kier alpha value is -1.55. The van der Waals surface area contributed by atoms with Crippen molar-refractivity contribution in [2.24, 2.45) is 5.73 Å². The van der Waals surface area contributed by atoms with Crippen LogP contribution in [0.1, 0.15) is 0 Å². The summed E-state index contributed by atoms with van der Waals surface area (Å²) in [6, 6.07) is 7.48. The Kier molecular flexibility index (Phi) is 2.37. The van der Waals surface area contributed by atoms with Gasteiger partial charge in [0.2, 0.25) is 0 Å². The van der Waals surface area contributed by atoms with Gasteiger partial charge in [-0.15, -0.1) is 0 Å².